The van der Waals surface area contributed by atoms with Gasteiger partial charge >= 0.3 is 0 Å². The van der Waals surface area contributed by atoms with Crippen LogP contribution < -0.4 is 10.2 Å². The Kier molecular flexibility index (Phi) is 3.96. The second kappa shape index (κ2) is 5.93. The number of aromatic amines is 1. The summed E-state index contributed by atoms with van der Waals surface area (Å²) in [6.07, 6.45) is 0. The zero-order chi connectivity index (χ0) is 16.6. The van der Waals surface area contributed by atoms with Gasteiger partial charge in [-0.05, 0) is 36.4 Å². The Morgan fingerprint density at radius 1 is 1.22 bits per heavy atom. The van der Waals surface area contributed by atoms with E-state index in [1.165, 1.54) is 12.1 Å². The summed E-state index contributed by atoms with van der Waals surface area (Å²) in [5, 5.41) is 4.03. The van der Waals surface area contributed by atoms with Crippen LogP contribution >= 0.6 is 11.6 Å². The van der Waals surface area contributed by atoms with E-state index in [1.54, 1.807) is 30.3 Å². The Balaban J connectivity index is 1.93. The third kappa shape index (κ3) is 3.00. The molecule has 6 heteroatoms. The fourth-order valence-electron chi connectivity index (χ4n) is 2.49. The maximum Gasteiger partial charge on any atom is 0.272 e. The zero-order valence-corrected chi connectivity index (χ0v) is 13.4. The number of anilines is 2. The topological polar surface area (TPSA) is 48.1 Å². The molecule has 1 heterocycles. The SMILES string of the molecule is CN(C)c1c(Cl)cccc1NC(=O)c1cc2cc(F)ccc2[nH]1. The molecular weight excluding hydrogens is 317 g/mol. The van der Waals surface area contributed by atoms with Crippen LogP contribution in [0.3, 0.4) is 0 Å². The summed E-state index contributed by atoms with van der Waals surface area (Å²) in [5.74, 6) is -0.653. The van der Waals surface area contributed by atoms with E-state index in [1.807, 2.05) is 19.0 Å². The van der Waals surface area contributed by atoms with E-state index < -0.39 is 0 Å². The number of halogens is 2. The Morgan fingerprint density at radius 2 is 2.00 bits per heavy atom. The lowest BCUT2D eigenvalue weighted by Crippen LogP contribution is -2.17. The minimum Gasteiger partial charge on any atom is -0.375 e. The Morgan fingerprint density at radius 3 is 2.74 bits per heavy atom. The lowest BCUT2D eigenvalue weighted by molar-refractivity contribution is 0.102. The van der Waals surface area contributed by atoms with Crippen LogP contribution in [0.2, 0.25) is 5.02 Å². The molecule has 0 bridgehead atoms. The van der Waals surface area contributed by atoms with Gasteiger partial charge in [0.15, 0.2) is 0 Å². The molecule has 2 aromatic carbocycles. The highest BCUT2D eigenvalue weighted by Gasteiger charge is 2.15. The first-order chi connectivity index (χ1) is 11.0. The van der Waals surface area contributed by atoms with Crippen LogP contribution in [-0.2, 0) is 0 Å². The van der Waals surface area contributed by atoms with E-state index in [9.17, 15) is 9.18 Å². The molecule has 0 aliphatic carbocycles. The Bertz CT molecular complexity index is 889. The average molecular weight is 332 g/mol. The molecule has 23 heavy (non-hydrogen) atoms. The lowest BCUT2D eigenvalue weighted by Gasteiger charge is -2.19. The molecule has 0 unspecified atom stereocenters. The monoisotopic (exact) mass is 331 g/mol. The van der Waals surface area contributed by atoms with Gasteiger partial charge in [-0.25, -0.2) is 4.39 Å². The molecule has 118 valence electrons. The highest BCUT2D eigenvalue weighted by molar-refractivity contribution is 6.34. The first-order valence-corrected chi connectivity index (χ1v) is 7.39. The molecule has 2 N–H and O–H groups in total. The summed E-state index contributed by atoms with van der Waals surface area (Å²) >= 11 is 6.19. The number of benzene rings is 2. The van der Waals surface area contributed by atoms with Crippen molar-refractivity contribution in [2.75, 3.05) is 24.3 Å². The van der Waals surface area contributed by atoms with Gasteiger partial charge in [-0.2, -0.15) is 0 Å². The van der Waals surface area contributed by atoms with Crippen molar-refractivity contribution in [2.24, 2.45) is 0 Å². The summed E-state index contributed by atoms with van der Waals surface area (Å²) in [4.78, 5) is 17.3. The molecule has 0 aliphatic heterocycles. The normalized spacial score (nSPS) is 10.8. The highest BCUT2D eigenvalue weighted by atomic mass is 35.5. The maximum absolute atomic E-state index is 13.2. The summed E-state index contributed by atoms with van der Waals surface area (Å²) < 4.78 is 13.2. The summed E-state index contributed by atoms with van der Waals surface area (Å²) in [6, 6.07) is 11.3. The summed E-state index contributed by atoms with van der Waals surface area (Å²) in [6.45, 7) is 0. The van der Waals surface area contributed by atoms with E-state index in [0.29, 0.717) is 27.3 Å². The van der Waals surface area contributed by atoms with Crippen molar-refractivity contribution in [3.63, 3.8) is 0 Å². The van der Waals surface area contributed by atoms with Gasteiger partial charge in [0.25, 0.3) is 5.91 Å². The van der Waals surface area contributed by atoms with E-state index in [0.717, 1.165) is 5.69 Å². The molecule has 3 aromatic rings. The number of hydrogen-bond donors (Lipinski definition) is 2. The van der Waals surface area contributed by atoms with Crippen molar-refractivity contribution in [3.8, 4) is 0 Å². The quantitative estimate of drug-likeness (QED) is 0.752. The Hall–Kier alpha value is -2.53. The van der Waals surface area contributed by atoms with Crippen molar-refractivity contribution in [1.29, 1.82) is 0 Å². The van der Waals surface area contributed by atoms with Crippen LogP contribution in [0.4, 0.5) is 15.8 Å². The molecule has 0 fully saturated rings. The van der Waals surface area contributed by atoms with Gasteiger partial charge in [0, 0.05) is 25.0 Å². The number of nitrogens with one attached hydrogen (secondary N) is 2. The predicted molar refractivity (Wildman–Crippen MR) is 92.0 cm³/mol. The number of hydrogen-bond acceptors (Lipinski definition) is 2. The summed E-state index contributed by atoms with van der Waals surface area (Å²) in [7, 11) is 3.70. The number of amides is 1. The fourth-order valence-corrected chi connectivity index (χ4v) is 2.83. The number of nitrogens with zero attached hydrogens (tertiary/aromatic N) is 1. The van der Waals surface area contributed by atoms with Crippen molar-refractivity contribution in [1.82, 2.24) is 4.98 Å². The molecule has 0 atom stereocenters. The lowest BCUT2D eigenvalue weighted by atomic mass is 10.2. The van der Waals surface area contributed by atoms with Gasteiger partial charge in [-0.15, -0.1) is 0 Å². The van der Waals surface area contributed by atoms with Crippen LogP contribution in [0.25, 0.3) is 10.9 Å². The number of fused-ring (bicyclic) bond motifs is 1. The first kappa shape index (κ1) is 15.4. The van der Waals surface area contributed by atoms with Crippen molar-refractivity contribution in [2.45, 2.75) is 0 Å². The molecule has 0 spiro atoms. The minimum absolute atomic E-state index is 0.313. The van der Waals surface area contributed by atoms with Crippen molar-refractivity contribution >= 4 is 39.8 Å². The third-order valence-corrected chi connectivity index (χ3v) is 3.81. The van der Waals surface area contributed by atoms with Gasteiger partial charge < -0.3 is 15.2 Å². The standard InChI is InChI=1S/C17H15ClFN3O/c1-22(2)16-12(18)4-3-5-14(16)21-17(23)15-9-10-8-11(19)6-7-13(10)20-15/h3-9,20H,1-2H3,(H,21,23). The van der Waals surface area contributed by atoms with E-state index in [2.05, 4.69) is 10.3 Å². The largest absolute Gasteiger partial charge is 0.375 e. The van der Waals surface area contributed by atoms with E-state index in [-0.39, 0.29) is 11.7 Å². The Labute approximate surface area is 137 Å². The molecule has 0 saturated carbocycles. The van der Waals surface area contributed by atoms with Crippen LogP contribution in [0, 0.1) is 5.82 Å². The second-order valence-corrected chi connectivity index (χ2v) is 5.81. The van der Waals surface area contributed by atoms with Crippen LogP contribution in [0.1, 0.15) is 10.5 Å². The number of aromatic nitrogens is 1. The molecule has 1 amide bonds. The van der Waals surface area contributed by atoms with Crippen LogP contribution in [-0.4, -0.2) is 25.0 Å². The molecule has 0 radical (unpaired) electrons. The van der Waals surface area contributed by atoms with Gasteiger partial charge in [-0.3, -0.25) is 4.79 Å². The zero-order valence-electron chi connectivity index (χ0n) is 12.7. The number of carbonyl (C=O) groups is 1. The average Bonchev–Trinajstić information content (AvgIpc) is 2.90. The molecular formula is C17H15ClFN3O. The molecule has 4 nitrogen and oxygen atoms in total. The number of rotatable bonds is 3. The molecule has 0 saturated heterocycles. The maximum atomic E-state index is 13.2. The number of carbonyl (C=O) groups excluding carboxylic acids is 1. The second-order valence-electron chi connectivity index (χ2n) is 5.40. The van der Waals surface area contributed by atoms with Gasteiger partial charge in [0.05, 0.1) is 16.4 Å². The third-order valence-electron chi connectivity index (χ3n) is 3.51. The van der Waals surface area contributed by atoms with E-state index >= 15 is 0 Å². The highest BCUT2D eigenvalue weighted by Crippen LogP contribution is 2.32. The van der Waals surface area contributed by atoms with Gasteiger partial charge in [0.2, 0.25) is 0 Å². The number of para-hydroxylation sites is 1. The molecule has 1 aromatic heterocycles. The van der Waals surface area contributed by atoms with Gasteiger partial charge in [0.1, 0.15) is 11.5 Å². The fraction of sp³-hybridized carbons (Fsp3) is 0.118. The van der Waals surface area contributed by atoms with Crippen LogP contribution in [0.5, 0.6) is 0 Å². The minimum atomic E-state index is -0.340. The smallest absolute Gasteiger partial charge is 0.272 e. The molecule has 3 rings (SSSR count). The first-order valence-electron chi connectivity index (χ1n) is 7.01. The predicted octanol–water partition coefficient (Wildman–Crippen LogP) is 4.28. The van der Waals surface area contributed by atoms with Crippen molar-refractivity contribution < 1.29 is 9.18 Å². The van der Waals surface area contributed by atoms with E-state index in [4.69, 9.17) is 11.6 Å². The number of H-pyrrole nitrogens is 1. The molecule has 0 aliphatic rings. The van der Waals surface area contributed by atoms with Crippen LogP contribution in [0.15, 0.2) is 42.5 Å². The van der Waals surface area contributed by atoms with Crippen molar-refractivity contribution in [3.05, 3.63) is 59.0 Å². The van der Waals surface area contributed by atoms with Gasteiger partial charge in [-0.1, -0.05) is 17.7 Å². The summed E-state index contributed by atoms with van der Waals surface area (Å²) in [5.41, 5.74) is 2.40.